The first-order valence-electron chi connectivity index (χ1n) is 9.38. The molecule has 3 aromatic rings. The minimum atomic E-state index is -3.90. The Morgan fingerprint density at radius 3 is 2.50 bits per heavy atom. The van der Waals surface area contributed by atoms with Gasteiger partial charge in [0.15, 0.2) is 5.84 Å². The van der Waals surface area contributed by atoms with Crippen molar-refractivity contribution in [2.24, 2.45) is 10.9 Å². The Morgan fingerprint density at radius 1 is 1.17 bits per heavy atom. The zero-order chi connectivity index (χ0) is 21.9. The summed E-state index contributed by atoms with van der Waals surface area (Å²) < 4.78 is 32.8. The van der Waals surface area contributed by atoms with E-state index in [-0.39, 0.29) is 36.1 Å². The molecule has 8 nitrogen and oxygen atoms in total. The maximum absolute atomic E-state index is 13.3. The summed E-state index contributed by atoms with van der Waals surface area (Å²) in [5.74, 6) is -0.506. The summed E-state index contributed by atoms with van der Waals surface area (Å²) in [5.41, 5.74) is 8.13. The smallest absolute Gasteiger partial charge is 0.306 e. The van der Waals surface area contributed by atoms with Crippen LogP contribution in [0.4, 0.5) is 0 Å². The zero-order valence-corrected chi connectivity index (χ0v) is 17.5. The van der Waals surface area contributed by atoms with Crippen molar-refractivity contribution in [3.05, 3.63) is 65.4 Å². The van der Waals surface area contributed by atoms with Crippen molar-refractivity contribution in [2.75, 3.05) is 6.61 Å². The number of carbonyl (C=O) groups excluding carboxylic acids is 1. The van der Waals surface area contributed by atoms with Gasteiger partial charge in [0.2, 0.25) is 0 Å². The number of aryl methyl sites for hydroxylation is 2. The second-order valence-electron chi connectivity index (χ2n) is 6.75. The van der Waals surface area contributed by atoms with Gasteiger partial charge in [0.05, 0.1) is 17.0 Å². The molecule has 0 saturated heterocycles. The summed E-state index contributed by atoms with van der Waals surface area (Å²) in [6.45, 7) is 3.87. The highest BCUT2D eigenvalue weighted by molar-refractivity contribution is 7.90. The van der Waals surface area contributed by atoms with Crippen molar-refractivity contribution in [1.29, 1.82) is 0 Å². The van der Waals surface area contributed by atoms with E-state index in [1.807, 2.05) is 6.92 Å². The quantitative estimate of drug-likeness (QED) is 0.196. The van der Waals surface area contributed by atoms with Crippen LogP contribution in [0.25, 0.3) is 10.9 Å². The number of fused-ring (bicyclic) bond motifs is 1. The first-order valence-corrected chi connectivity index (χ1v) is 10.8. The van der Waals surface area contributed by atoms with Gasteiger partial charge in [0.25, 0.3) is 10.0 Å². The number of nitrogens with two attached hydrogens (primary N) is 1. The third-order valence-corrected chi connectivity index (χ3v) is 6.45. The molecular weight excluding hydrogens is 406 g/mol. The van der Waals surface area contributed by atoms with Crippen LogP contribution >= 0.6 is 0 Å². The number of benzene rings is 2. The van der Waals surface area contributed by atoms with Gasteiger partial charge in [-0.3, -0.25) is 4.79 Å². The number of carbonyl (C=O) groups is 1. The van der Waals surface area contributed by atoms with E-state index in [1.54, 1.807) is 49.4 Å². The molecule has 3 rings (SSSR count). The van der Waals surface area contributed by atoms with Crippen molar-refractivity contribution in [1.82, 2.24) is 3.97 Å². The van der Waals surface area contributed by atoms with E-state index in [0.717, 1.165) is 5.56 Å². The van der Waals surface area contributed by atoms with Crippen LogP contribution in [-0.2, 0) is 26.0 Å². The molecule has 0 fully saturated rings. The molecule has 0 aliphatic carbocycles. The lowest BCUT2D eigenvalue weighted by atomic mass is 10.0. The first-order chi connectivity index (χ1) is 14.3. The van der Waals surface area contributed by atoms with Crippen LogP contribution in [0.3, 0.4) is 0 Å². The van der Waals surface area contributed by atoms with Crippen molar-refractivity contribution in [3.63, 3.8) is 0 Å². The molecule has 0 spiro atoms. The first kappa shape index (κ1) is 21.4. The molecule has 0 aliphatic rings. The molecule has 0 amide bonds. The molecule has 1 heterocycles. The highest BCUT2D eigenvalue weighted by Crippen LogP contribution is 2.29. The molecule has 2 aromatic carbocycles. The minimum absolute atomic E-state index is 0.0988. The highest BCUT2D eigenvalue weighted by Gasteiger charge is 2.23. The number of amidine groups is 1. The van der Waals surface area contributed by atoms with E-state index in [1.165, 1.54) is 10.2 Å². The van der Waals surface area contributed by atoms with E-state index < -0.39 is 10.0 Å². The van der Waals surface area contributed by atoms with Crippen molar-refractivity contribution in [2.45, 2.75) is 31.6 Å². The molecule has 0 radical (unpaired) electrons. The van der Waals surface area contributed by atoms with Gasteiger partial charge >= 0.3 is 5.97 Å². The van der Waals surface area contributed by atoms with Gasteiger partial charge in [0, 0.05) is 23.6 Å². The predicted octanol–water partition coefficient (Wildman–Crippen LogP) is 2.78. The molecule has 158 valence electrons. The van der Waals surface area contributed by atoms with Crippen molar-refractivity contribution < 1.29 is 23.2 Å². The largest absolute Gasteiger partial charge is 0.466 e. The van der Waals surface area contributed by atoms with Gasteiger partial charge in [-0.15, -0.1) is 0 Å². The average Bonchev–Trinajstić information content (AvgIpc) is 3.18. The lowest BCUT2D eigenvalue weighted by molar-refractivity contribution is -0.143. The SMILES string of the molecule is CCOC(=O)CCc1ccc(C(N)=NO)c2ccn(S(=O)(=O)c3ccc(C)cc3)c12. The Bertz CT molecular complexity index is 1210. The van der Waals surface area contributed by atoms with Crippen LogP contribution in [0, 0.1) is 6.92 Å². The summed E-state index contributed by atoms with van der Waals surface area (Å²) >= 11 is 0. The topological polar surface area (TPSA) is 124 Å². The third kappa shape index (κ3) is 4.02. The number of aromatic nitrogens is 1. The molecule has 0 unspecified atom stereocenters. The number of rotatable bonds is 7. The number of ether oxygens (including phenoxy) is 1. The van der Waals surface area contributed by atoms with Gasteiger partial charge in [-0.25, -0.2) is 12.4 Å². The number of hydrogen-bond donors (Lipinski definition) is 2. The number of nitrogens with zero attached hydrogens (tertiary/aromatic N) is 2. The minimum Gasteiger partial charge on any atom is -0.466 e. The Hall–Kier alpha value is -3.33. The molecule has 3 N–H and O–H groups in total. The standard InChI is InChI=1S/C21H23N3O5S/c1-3-29-19(25)11-7-15-6-10-18(21(22)23-26)17-12-13-24(20(15)17)30(27,28)16-8-4-14(2)5-9-16/h4-6,8-10,12-13,26H,3,7,11H2,1-2H3,(H2,22,23). The normalized spacial score (nSPS) is 12.3. The summed E-state index contributed by atoms with van der Waals surface area (Å²) in [7, 11) is -3.90. The van der Waals surface area contributed by atoms with E-state index in [4.69, 9.17) is 15.7 Å². The van der Waals surface area contributed by atoms with Crippen LogP contribution in [0.1, 0.15) is 30.0 Å². The van der Waals surface area contributed by atoms with E-state index in [0.29, 0.717) is 22.0 Å². The summed E-state index contributed by atoms with van der Waals surface area (Å²) in [4.78, 5) is 12.0. The van der Waals surface area contributed by atoms with Gasteiger partial charge < -0.3 is 15.7 Å². The van der Waals surface area contributed by atoms with Crippen molar-refractivity contribution >= 4 is 32.7 Å². The molecule has 0 saturated carbocycles. The second kappa shape index (κ2) is 8.58. The maximum atomic E-state index is 13.3. The van der Waals surface area contributed by atoms with Crippen LogP contribution in [0.5, 0.6) is 0 Å². The fourth-order valence-electron chi connectivity index (χ4n) is 3.27. The second-order valence-corrected chi connectivity index (χ2v) is 8.57. The van der Waals surface area contributed by atoms with E-state index in [2.05, 4.69) is 5.16 Å². The Morgan fingerprint density at radius 2 is 1.87 bits per heavy atom. The Balaban J connectivity index is 2.19. The number of hydrogen-bond acceptors (Lipinski definition) is 6. The molecular formula is C21H23N3O5S. The Labute approximate surface area is 174 Å². The van der Waals surface area contributed by atoms with Crippen LogP contribution < -0.4 is 5.73 Å². The molecule has 1 aromatic heterocycles. The maximum Gasteiger partial charge on any atom is 0.306 e. The molecule has 9 heteroatoms. The zero-order valence-electron chi connectivity index (χ0n) is 16.7. The third-order valence-electron chi connectivity index (χ3n) is 4.76. The van der Waals surface area contributed by atoms with Crippen LogP contribution in [0.15, 0.2) is 58.7 Å². The average molecular weight is 429 g/mol. The van der Waals surface area contributed by atoms with Crippen LogP contribution in [-0.4, -0.2) is 36.0 Å². The number of oxime groups is 1. The van der Waals surface area contributed by atoms with Gasteiger partial charge in [-0.1, -0.05) is 35.0 Å². The highest BCUT2D eigenvalue weighted by atomic mass is 32.2. The molecule has 0 aliphatic heterocycles. The van der Waals surface area contributed by atoms with E-state index >= 15 is 0 Å². The lowest BCUT2D eigenvalue weighted by Crippen LogP contribution is -2.16. The molecule has 30 heavy (non-hydrogen) atoms. The van der Waals surface area contributed by atoms with Gasteiger partial charge in [0.1, 0.15) is 0 Å². The van der Waals surface area contributed by atoms with E-state index in [9.17, 15) is 13.2 Å². The molecule has 0 bridgehead atoms. The van der Waals surface area contributed by atoms with Gasteiger partial charge in [-0.05, 0) is 44.0 Å². The fourth-order valence-corrected chi connectivity index (χ4v) is 4.66. The lowest BCUT2D eigenvalue weighted by Gasteiger charge is -2.13. The number of esters is 1. The predicted molar refractivity (Wildman–Crippen MR) is 113 cm³/mol. The monoisotopic (exact) mass is 429 g/mol. The van der Waals surface area contributed by atoms with Crippen LogP contribution in [0.2, 0.25) is 0 Å². The fraction of sp³-hybridized carbons (Fsp3) is 0.238. The van der Waals surface area contributed by atoms with Crippen molar-refractivity contribution in [3.8, 4) is 0 Å². The van der Waals surface area contributed by atoms with Gasteiger partial charge in [-0.2, -0.15) is 0 Å². The molecule has 0 atom stereocenters. The summed E-state index contributed by atoms with van der Waals surface area (Å²) in [6.07, 6.45) is 1.81. The summed E-state index contributed by atoms with van der Waals surface area (Å²) in [6, 6.07) is 11.5. The summed E-state index contributed by atoms with van der Waals surface area (Å²) in [5, 5.41) is 12.6. The Kier molecular flexibility index (Phi) is 6.12.